The Hall–Kier alpha value is -0.120. The second kappa shape index (κ2) is 7.61. The van der Waals surface area contributed by atoms with Crippen LogP contribution in [0.3, 0.4) is 0 Å². The first-order valence-electron chi connectivity index (χ1n) is 8.07. The van der Waals surface area contributed by atoms with Crippen molar-refractivity contribution in [3.63, 3.8) is 0 Å². The van der Waals surface area contributed by atoms with E-state index >= 15 is 0 Å². The number of ether oxygens (including phenoxy) is 2. The minimum absolute atomic E-state index is 0.546. The molecule has 2 rings (SSSR count). The van der Waals surface area contributed by atoms with E-state index in [1.54, 1.807) is 7.11 Å². The SMILES string of the molecule is CCCNCC1(CCOCCCOC)CC2CC2C1. The van der Waals surface area contributed by atoms with Gasteiger partial charge in [-0.05, 0) is 62.3 Å². The zero-order valence-corrected chi connectivity index (χ0v) is 12.7. The lowest BCUT2D eigenvalue weighted by molar-refractivity contribution is 0.0730. The van der Waals surface area contributed by atoms with E-state index in [0.29, 0.717) is 5.41 Å². The van der Waals surface area contributed by atoms with Crippen LogP contribution in [-0.4, -0.2) is 40.0 Å². The summed E-state index contributed by atoms with van der Waals surface area (Å²) >= 11 is 0. The lowest BCUT2D eigenvalue weighted by Crippen LogP contribution is -2.35. The fourth-order valence-electron chi connectivity index (χ4n) is 3.67. The van der Waals surface area contributed by atoms with Gasteiger partial charge in [0.1, 0.15) is 0 Å². The van der Waals surface area contributed by atoms with Crippen molar-refractivity contribution in [3.05, 3.63) is 0 Å². The van der Waals surface area contributed by atoms with Gasteiger partial charge in [-0.25, -0.2) is 0 Å². The van der Waals surface area contributed by atoms with Crippen LogP contribution in [0.2, 0.25) is 0 Å². The molecule has 0 aromatic rings. The zero-order valence-electron chi connectivity index (χ0n) is 12.7. The van der Waals surface area contributed by atoms with Crippen LogP contribution in [0.25, 0.3) is 0 Å². The highest BCUT2D eigenvalue weighted by Crippen LogP contribution is 2.60. The molecule has 0 amide bonds. The van der Waals surface area contributed by atoms with Gasteiger partial charge in [0, 0.05) is 33.5 Å². The van der Waals surface area contributed by atoms with E-state index in [1.165, 1.54) is 38.6 Å². The lowest BCUT2D eigenvalue weighted by atomic mass is 9.80. The fourth-order valence-corrected chi connectivity index (χ4v) is 3.67. The third-order valence-electron chi connectivity index (χ3n) is 4.80. The Morgan fingerprint density at radius 3 is 2.63 bits per heavy atom. The third kappa shape index (κ3) is 4.73. The molecule has 3 nitrogen and oxygen atoms in total. The van der Waals surface area contributed by atoms with E-state index in [1.807, 2.05) is 0 Å². The molecule has 0 bridgehead atoms. The minimum Gasteiger partial charge on any atom is -0.385 e. The van der Waals surface area contributed by atoms with Gasteiger partial charge >= 0.3 is 0 Å². The molecule has 0 aromatic heterocycles. The first-order chi connectivity index (χ1) is 9.29. The molecule has 0 spiro atoms. The van der Waals surface area contributed by atoms with E-state index in [-0.39, 0.29) is 0 Å². The van der Waals surface area contributed by atoms with Crippen LogP contribution < -0.4 is 5.32 Å². The molecule has 112 valence electrons. The molecular weight excluding hydrogens is 238 g/mol. The summed E-state index contributed by atoms with van der Waals surface area (Å²) in [6, 6.07) is 0. The van der Waals surface area contributed by atoms with Crippen molar-refractivity contribution in [2.75, 3.05) is 40.0 Å². The summed E-state index contributed by atoms with van der Waals surface area (Å²) in [6.45, 7) is 7.19. The van der Waals surface area contributed by atoms with Crippen molar-refractivity contribution < 1.29 is 9.47 Å². The Morgan fingerprint density at radius 1 is 1.16 bits per heavy atom. The maximum Gasteiger partial charge on any atom is 0.0487 e. The molecule has 0 radical (unpaired) electrons. The highest BCUT2D eigenvalue weighted by Gasteiger charge is 2.52. The predicted octanol–water partition coefficient (Wildman–Crippen LogP) is 2.85. The molecule has 1 N–H and O–H groups in total. The van der Waals surface area contributed by atoms with Gasteiger partial charge in [0.2, 0.25) is 0 Å². The minimum atomic E-state index is 0.546. The maximum atomic E-state index is 5.77. The summed E-state index contributed by atoms with van der Waals surface area (Å²) in [5, 5.41) is 3.64. The number of methoxy groups -OCH3 is 1. The summed E-state index contributed by atoms with van der Waals surface area (Å²) in [4.78, 5) is 0. The molecule has 2 fully saturated rings. The Kier molecular flexibility index (Phi) is 6.11. The molecule has 2 aliphatic rings. The quantitative estimate of drug-likeness (QED) is 0.585. The van der Waals surface area contributed by atoms with E-state index in [9.17, 15) is 0 Å². The highest BCUT2D eigenvalue weighted by molar-refractivity contribution is 5.04. The second-order valence-electron chi connectivity index (χ2n) is 6.55. The monoisotopic (exact) mass is 269 g/mol. The van der Waals surface area contributed by atoms with Crippen molar-refractivity contribution in [1.82, 2.24) is 5.32 Å². The van der Waals surface area contributed by atoms with Crippen LogP contribution in [0.15, 0.2) is 0 Å². The third-order valence-corrected chi connectivity index (χ3v) is 4.80. The molecule has 3 heteroatoms. The normalized spacial score (nSPS) is 32.5. The van der Waals surface area contributed by atoms with Gasteiger partial charge in [-0.1, -0.05) is 6.92 Å². The van der Waals surface area contributed by atoms with Crippen LogP contribution in [0, 0.1) is 17.3 Å². The van der Waals surface area contributed by atoms with Gasteiger partial charge in [-0.15, -0.1) is 0 Å². The molecule has 0 saturated heterocycles. The lowest BCUT2D eigenvalue weighted by Gasteiger charge is -2.31. The summed E-state index contributed by atoms with van der Waals surface area (Å²) in [6.07, 6.45) is 7.87. The largest absolute Gasteiger partial charge is 0.385 e. The first kappa shape index (κ1) is 15.3. The Bertz CT molecular complexity index is 247. The van der Waals surface area contributed by atoms with Crippen LogP contribution in [0.5, 0.6) is 0 Å². The first-order valence-corrected chi connectivity index (χ1v) is 8.07. The number of nitrogens with one attached hydrogen (secondary N) is 1. The fraction of sp³-hybridized carbons (Fsp3) is 1.00. The van der Waals surface area contributed by atoms with Gasteiger partial charge in [0.05, 0.1) is 0 Å². The Balaban J connectivity index is 1.63. The molecule has 0 heterocycles. The van der Waals surface area contributed by atoms with E-state index in [2.05, 4.69) is 12.2 Å². The number of rotatable bonds is 11. The van der Waals surface area contributed by atoms with Crippen LogP contribution >= 0.6 is 0 Å². The number of hydrogen-bond donors (Lipinski definition) is 1. The van der Waals surface area contributed by atoms with Gasteiger partial charge in [0.25, 0.3) is 0 Å². The number of fused-ring (bicyclic) bond motifs is 1. The molecule has 2 unspecified atom stereocenters. The van der Waals surface area contributed by atoms with E-state index < -0.39 is 0 Å². The summed E-state index contributed by atoms with van der Waals surface area (Å²) in [5.74, 6) is 2.11. The van der Waals surface area contributed by atoms with Crippen LogP contribution in [0.1, 0.15) is 45.4 Å². The van der Waals surface area contributed by atoms with Gasteiger partial charge < -0.3 is 14.8 Å². The van der Waals surface area contributed by atoms with Crippen molar-refractivity contribution in [2.24, 2.45) is 17.3 Å². The zero-order chi connectivity index (χ0) is 13.6. The summed E-state index contributed by atoms with van der Waals surface area (Å²) in [7, 11) is 1.75. The van der Waals surface area contributed by atoms with Crippen molar-refractivity contribution in [3.8, 4) is 0 Å². The molecule has 2 saturated carbocycles. The molecule has 2 aliphatic carbocycles. The van der Waals surface area contributed by atoms with Crippen molar-refractivity contribution in [1.29, 1.82) is 0 Å². The van der Waals surface area contributed by atoms with Crippen molar-refractivity contribution >= 4 is 0 Å². The average molecular weight is 269 g/mol. The summed E-state index contributed by atoms with van der Waals surface area (Å²) < 4.78 is 10.8. The molecule has 19 heavy (non-hydrogen) atoms. The van der Waals surface area contributed by atoms with Gasteiger partial charge in [-0.3, -0.25) is 0 Å². The Morgan fingerprint density at radius 2 is 1.95 bits per heavy atom. The van der Waals surface area contributed by atoms with Crippen LogP contribution in [-0.2, 0) is 9.47 Å². The highest BCUT2D eigenvalue weighted by atomic mass is 16.5. The maximum absolute atomic E-state index is 5.77. The molecule has 0 aliphatic heterocycles. The van der Waals surface area contributed by atoms with Crippen LogP contribution in [0.4, 0.5) is 0 Å². The standard InChI is InChI=1S/C16H31NO2/c1-3-6-17-13-16(11-14-10-15(14)12-16)5-9-19-8-4-7-18-2/h14-15,17H,3-13H2,1-2H3. The number of hydrogen-bond acceptors (Lipinski definition) is 3. The van der Waals surface area contributed by atoms with Crippen molar-refractivity contribution in [2.45, 2.75) is 45.4 Å². The van der Waals surface area contributed by atoms with E-state index in [0.717, 1.165) is 44.6 Å². The smallest absolute Gasteiger partial charge is 0.0487 e. The van der Waals surface area contributed by atoms with Gasteiger partial charge in [-0.2, -0.15) is 0 Å². The second-order valence-corrected chi connectivity index (χ2v) is 6.55. The van der Waals surface area contributed by atoms with Gasteiger partial charge in [0.15, 0.2) is 0 Å². The van der Waals surface area contributed by atoms with E-state index in [4.69, 9.17) is 9.47 Å². The average Bonchev–Trinajstić information content (AvgIpc) is 3.02. The molecule has 0 aromatic carbocycles. The topological polar surface area (TPSA) is 30.5 Å². The molecule has 2 atom stereocenters. The summed E-state index contributed by atoms with van der Waals surface area (Å²) in [5.41, 5.74) is 0.546. The predicted molar refractivity (Wildman–Crippen MR) is 78.4 cm³/mol. The molecular formula is C16H31NO2. The Labute approximate surface area is 118 Å².